The molecule has 2 unspecified atom stereocenters. The lowest BCUT2D eigenvalue weighted by molar-refractivity contribution is 0.233. The van der Waals surface area contributed by atoms with E-state index >= 15 is 0 Å². The third kappa shape index (κ3) is 8.03. The standard InChI is InChI=1S/C36H42Br2N4O2S/c1-5-9-11-23(7-3)21-43-27-17-13-25(14-18-27)31-32(26-15-19-28(20-16-26)44-22-24(8-4)12-10-6-2)40-34-30(38)36-35(41-45-42-36)29(37)33(34)39-31/h13-20,23-24H,5-12,21-22H2,1-4H3. The highest BCUT2D eigenvalue weighted by atomic mass is 79.9. The van der Waals surface area contributed by atoms with E-state index in [1.807, 2.05) is 24.3 Å². The van der Waals surface area contributed by atoms with Gasteiger partial charge in [0.2, 0.25) is 0 Å². The minimum Gasteiger partial charge on any atom is -0.493 e. The molecule has 0 aliphatic carbocycles. The fraction of sp³-hybridized carbons (Fsp3) is 0.444. The average molecular weight is 755 g/mol. The zero-order valence-electron chi connectivity index (χ0n) is 26.6. The Kier molecular flexibility index (Phi) is 12.2. The predicted molar refractivity (Wildman–Crippen MR) is 194 cm³/mol. The first kappa shape index (κ1) is 33.7. The maximum atomic E-state index is 6.21. The van der Waals surface area contributed by atoms with Gasteiger partial charge in [0.05, 0.1) is 45.3 Å². The van der Waals surface area contributed by atoms with Gasteiger partial charge in [-0.25, -0.2) is 9.97 Å². The molecule has 5 aromatic rings. The van der Waals surface area contributed by atoms with Crippen LogP contribution in [0.25, 0.3) is 44.6 Å². The molecular weight excluding hydrogens is 712 g/mol. The lowest BCUT2D eigenvalue weighted by Gasteiger charge is -2.17. The Bertz CT molecular complexity index is 1570. The number of rotatable bonds is 16. The first-order valence-electron chi connectivity index (χ1n) is 16.2. The van der Waals surface area contributed by atoms with E-state index in [2.05, 4.69) is 92.6 Å². The van der Waals surface area contributed by atoms with E-state index < -0.39 is 0 Å². The Morgan fingerprint density at radius 1 is 0.600 bits per heavy atom. The van der Waals surface area contributed by atoms with Gasteiger partial charge in [0, 0.05) is 11.1 Å². The summed E-state index contributed by atoms with van der Waals surface area (Å²) < 4.78 is 23.0. The van der Waals surface area contributed by atoms with Crippen molar-refractivity contribution in [2.75, 3.05) is 13.2 Å². The van der Waals surface area contributed by atoms with Crippen LogP contribution < -0.4 is 9.47 Å². The molecule has 2 atom stereocenters. The number of nitrogens with zero attached hydrogens (tertiary/aromatic N) is 4. The first-order chi connectivity index (χ1) is 22.0. The van der Waals surface area contributed by atoms with Gasteiger partial charge in [0.15, 0.2) is 0 Å². The van der Waals surface area contributed by atoms with E-state index in [4.69, 9.17) is 19.4 Å². The molecule has 0 radical (unpaired) electrons. The number of ether oxygens (including phenoxy) is 2. The minimum absolute atomic E-state index is 0.576. The van der Waals surface area contributed by atoms with E-state index in [0.29, 0.717) is 11.8 Å². The van der Waals surface area contributed by atoms with Crippen LogP contribution in [0, 0.1) is 11.8 Å². The van der Waals surface area contributed by atoms with Gasteiger partial charge < -0.3 is 9.47 Å². The molecule has 0 aliphatic rings. The van der Waals surface area contributed by atoms with Gasteiger partial charge in [-0.1, -0.05) is 66.2 Å². The number of hydrogen-bond donors (Lipinski definition) is 0. The molecule has 2 heterocycles. The van der Waals surface area contributed by atoms with Crippen molar-refractivity contribution in [1.82, 2.24) is 18.7 Å². The largest absolute Gasteiger partial charge is 0.493 e. The highest BCUT2D eigenvalue weighted by molar-refractivity contribution is 9.11. The molecule has 45 heavy (non-hydrogen) atoms. The summed E-state index contributed by atoms with van der Waals surface area (Å²) in [5.41, 5.74) is 6.53. The molecule has 0 amide bonds. The van der Waals surface area contributed by atoms with Crippen molar-refractivity contribution in [3.63, 3.8) is 0 Å². The Morgan fingerprint density at radius 2 is 1.00 bits per heavy atom. The summed E-state index contributed by atoms with van der Waals surface area (Å²) in [6.07, 6.45) is 9.57. The summed E-state index contributed by atoms with van der Waals surface area (Å²) in [5, 5.41) is 0. The second-order valence-electron chi connectivity index (χ2n) is 11.7. The summed E-state index contributed by atoms with van der Waals surface area (Å²) in [6, 6.07) is 16.5. The Balaban J connectivity index is 1.49. The predicted octanol–water partition coefficient (Wildman–Crippen LogP) is 11.7. The summed E-state index contributed by atoms with van der Waals surface area (Å²) in [6.45, 7) is 10.4. The van der Waals surface area contributed by atoms with Gasteiger partial charge in [-0.15, -0.1) is 0 Å². The van der Waals surface area contributed by atoms with E-state index in [1.165, 1.54) is 50.3 Å². The summed E-state index contributed by atoms with van der Waals surface area (Å²) in [5.74, 6) is 2.89. The van der Waals surface area contributed by atoms with Crippen molar-refractivity contribution in [2.45, 2.75) is 79.1 Å². The number of aromatic nitrogens is 4. The summed E-state index contributed by atoms with van der Waals surface area (Å²) in [7, 11) is 0. The van der Waals surface area contributed by atoms with Crippen LogP contribution in [0.5, 0.6) is 11.5 Å². The topological polar surface area (TPSA) is 70.0 Å². The molecular formula is C36H42Br2N4O2S. The molecule has 5 rings (SSSR count). The van der Waals surface area contributed by atoms with Gasteiger partial charge in [0.25, 0.3) is 0 Å². The van der Waals surface area contributed by atoms with Crippen molar-refractivity contribution in [3.05, 3.63) is 57.5 Å². The van der Waals surface area contributed by atoms with Gasteiger partial charge in [-0.3, -0.25) is 0 Å². The molecule has 0 N–H and O–H groups in total. The minimum atomic E-state index is 0.576. The normalized spacial score (nSPS) is 12.9. The molecule has 0 spiro atoms. The van der Waals surface area contributed by atoms with Gasteiger partial charge in [0.1, 0.15) is 33.6 Å². The molecule has 0 aliphatic heterocycles. The third-order valence-electron chi connectivity index (χ3n) is 8.53. The fourth-order valence-electron chi connectivity index (χ4n) is 5.49. The molecule has 9 heteroatoms. The highest BCUT2D eigenvalue weighted by Gasteiger charge is 2.21. The van der Waals surface area contributed by atoms with Crippen LogP contribution in [0.2, 0.25) is 0 Å². The summed E-state index contributed by atoms with van der Waals surface area (Å²) >= 11 is 8.69. The maximum absolute atomic E-state index is 6.21. The van der Waals surface area contributed by atoms with Crippen molar-refractivity contribution < 1.29 is 9.47 Å². The van der Waals surface area contributed by atoms with Gasteiger partial charge in [-0.05, 0) is 105 Å². The lowest BCUT2D eigenvalue weighted by atomic mass is 10.0. The summed E-state index contributed by atoms with van der Waals surface area (Å²) in [4.78, 5) is 10.4. The maximum Gasteiger partial charge on any atom is 0.122 e. The number of benzene rings is 3. The van der Waals surface area contributed by atoms with Gasteiger partial charge in [-0.2, -0.15) is 8.75 Å². The number of fused-ring (bicyclic) bond motifs is 2. The van der Waals surface area contributed by atoms with E-state index in [9.17, 15) is 0 Å². The van der Waals surface area contributed by atoms with Crippen LogP contribution in [-0.4, -0.2) is 31.9 Å². The number of unbranched alkanes of at least 4 members (excludes halogenated alkanes) is 2. The molecule has 0 saturated heterocycles. The third-order valence-corrected chi connectivity index (χ3v) is 10.6. The Hall–Kier alpha value is -2.62. The molecule has 0 fully saturated rings. The monoisotopic (exact) mass is 752 g/mol. The SMILES string of the molecule is CCCCC(CC)COc1ccc(-c2nc3c(Br)c4nsnc4c(Br)c3nc2-c2ccc(OCC(CC)CCCC)cc2)cc1. The number of hydrogen-bond acceptors (Lipinski definition) is 7. The molecule has 2 aromatic heterocycles. The zero-order chi connectivity index (χ0) is 31.8. The lowest BCUT2D eigenvalue weighted by Crippen LogP contribution is -2.11. The molecule has 0 bridgehead atoms. The fourth-order valence-corrected chi connectivity index (χ4v) is 7.39. The number of halogens is 2. The van der Waals surface area contributed by atoms with Crippen LogP contribution in [0.15, 0.2) is 57.5 Å². The van der Waals surface area contributed by atoms with Crippen molar-refractivity contribution in [2.24, 2.45) is 11.8 Å². The van der Waals surface area contributed by atoms with Crippen LogP contribution >= 0.6 is 43.6 Å². The zero-order valence-corrected chi connectivity index (χ0v) is 30.6. The van der Waals surface area contributed by atoms with E-state index in [-0.39, 0.29) is 0 Å². The smallest absolute Gasteiger partial charge is 0.122 e. The van der Waals surface area contributed by atoms with Crippen LogP contribution in [0.3, 0.4) is 0 Å². The average Bonchev–Trinajstić information content (AvgIpc) is 3.58. The first-order valence-corrected chi connectivity index (χ1v) is 18.6. The molecule has 238 valence electrons. The Labute approximate surface area is 288 Å². The van der Waals surface area contributed by atoms with Crippen LogP contribution in [-0.2, 0) is 0 Å². The molecule has 6 nitrogen and oxygen atoms in total. The second-order valence-corrected chi connectivity index (χ2v) is 13.8. The van der Waals surface area contributed by atoms with Crippen LogP contribution in [0.1, 0.15) is 79.1 Å². The quantitative estimate of drug-likeness (QED) is 0.0999. The van der Waals surface area contributed by atoms with Crippen molar-refractivity contribution >= 4 is 65.7 Å². The second kappa shape index (κ2) is 16.3. The van der Waals surface area contributed by atoms with Crippen molar-refractivity contribution in [3.8, 4) is 34.0 Å². The van der Waals surface area contributed by atoms with E-state index in [0.717, 1.165) is 91.1 Å². The van der Waals surface area contributed by atoms with Crippen LogP contribution in [0.4, 0.5) is 0 Å². The molecule has 0 saturated carbocycles. The Morgan fingerprint density at radius 3 is 1.36 bits per heavy atom. The van der Waals surface area contributed by atoms with Gasteiger partial charge >= 0.3 is 0 Å². The van der Waals surface area contributed by atoms with Crippen molar-refractivity contribution in [1.29, 1.82) is 0 Å². The highest BCUT2D eigenvalue weighted by Crippen LogP contribution is 2.40. The van der Waals surface area contributed by atoms with E-state index in [1.54, 1.807) is 0 Å². The molecule has 3 aromatic carbocycles.